The molecule has 0 radical (unpaired) electrons. The van der Waals surface area contributed by atoms with E-state index in [2.05, 4.69) is 9.97 Å². The van der Waals surface area contributed by atoms with Gasteiger partial charge in [-0.25, -0.2) is 9.97 Å². The van der Waals surface area contributed by atoms with E-state index >= 15 is 0 Å². The van der Waals surface area contributed by atoms with Crippen molar-refractivity contribution in [2.75, 3.05) is 38.7 Å². The molecule has 8 heteroatoms. The van der Waals surface area contributed by atoms with Crippen molar-refractivity contribution in [2.45, 2.75) is 24.9 Å². The van der Waals surface area contributed by atoms with Crippen LogP contribution in [0.4, 0.5) is 5.95 Å². The van der Waals surface area contributed by atoms with Gasteiger partial charge in [-0.1, -0.05) is 6.07 Å². The number of H-pyrrole nitrogens is 1. The molecular weight excluding hydrogens is 346 g/mol. The number of rotatable bonds is 2. The number of pyridine rings is 1. The van der Waals surface area contributed by atoms with Crippen LogP contribution in [0.25, 0.3) is 0 Å². The SMILES string of the molecule is CN(C)c1ncc2c(n1)C1(CCN(C(=O)c3cccc(=O)[nH]3)CC1)OCC2. The number of nitrogens with zero attached hydrogens (tertiary/aromatic N) is 4. The van der Waals surface area contributed by atoms with Gasteiger partial charge in [0, 0.05) is 39.4 Å². The van der Waals surface area contributed by atoms with E-state index < -0.39 is 5.60 Å². The van der Waals surface area contributed by atoms with Crippen molar-refractivity contribution in [3.05, 3.63) is 51.7 Å². The minimum absolute atomic E-state index is 0.157. The number of carbonyl (C=O) groups is 1. The molecule has 2 aliphatic heterocycles. The fourth-order valence-corrected chi connectivity index (χ4v) is 3.81. The number of anilines is 1. The summed E-state index contributed by atoms with van der Waals surface area (Å²) < 4.78 is 6.22. The standard InChI is InChI=1S/C19H23N5O3/c1-23(2)18-20-12-13-6-11-27-19(16(13)22-18)7-9-24(10-8-19)17(26)14-4-3-5-15(25)21-14/h3-5,12H,6-11H2,1-2H3,(H,21,25). The lowest BCUT2D eigenvalue weighted by molar-refractivity contribution is -0.0967. The van der Waals surface area contributed by atoms with Gasteiger partial charge in [0.05, 0.1) is 12.3 Å². The number of ether oxygens (including phenoxy) is 1. The second-order valence-corrected chi connectivity index (χ2v) is 7.25. The highest BCUT2D eigenvalue weighted by molar-refractivity contribution is 5.92. The number of hydrogen-bond donors (Lipinski definition) is 1. The first-order valence-electron chi connectivity index (χ1n) is 9.15. The highest BCUT2D eigenvalue weighted by atomic mass is 16.5. The third-order valence-corrected chi connectivity index (χ3v) is 5.29. The first-order valence-corrected chi connectivity index (χ1v) is 9.15. The zero-order valence-corrected chi connectivity index (χ0v) is 15.6. The van der Waals surface area contributed by atoms with Gasteiger partial charge < -0.3 is 19.5 Å². The summed E-state index contributed by atoms with van der Waals surface area (Å²) in [6.07, 6.45) is 4.05. The van der Waals surface area contributed by atoms with E-state index in [0.29, 0.717) is 44.2 Å². The van der Waals surface area contributed by atoms with Crippen molar-refractivity contribution in [3.8, 4) is 0 Å². The van der Waals surface area contributed by atoms with Crippen LogP contribution in [0.1, 0.15) is 34.6 Å². The van der Waals surface area contributed by atoms with Gasteiger partial charge in [-0.3, -0.25) is 9.59 Å². The van der Waals surface area contributed by atoms with E-state index in [1.165, 1.54) is 6.07 Å². The van der Waals surface area contributed by atoms with E-state index in [0.717, 1.165) is 17.7 Å². The first kappa shape index (κ1) is 17.7. The van der Waals surface area contributed by atoms with Crippen molar-refractivity contribution in [3.63, 3.8) is 0 Å². The van der Waals surface area contributed by atoms with Gasteiger partial charge in [0.15, 0.2) is 0 Å². The molecule has 2 aromatic heterocycles. The monoisotopic (exact) mass is 369 g/mol. The molecule has 2 aromatic rings. The molecule has 0 aliphatic carbocycles. The highest BCUT2D eigenvalue weighted by Crippen LogP contribution is 2.40. The number of likely N-dealkylation sites (tertiary alicyclic amines) is 1. The Bertz CT molecular complexity index is 916. The number of aromatic nitrogens is 3. The average molecular weight is 369 g/mol. The van der Waals surface area contributed by atoms with E-state index in [1.54, 1.807) is 17.0 Å². The molecule has 0 bridgehead atoms. The van der Waals surface area contributed by atoms with Gasteiger partial charge in [0.2, 0.25) is 11.5 Å². The molecule has 0 unspecified atom stereocenters. The zero-order valence-electron chi connectivity index (χ0n) is 15.6. The summed E-state index contributed by atoms with van der Waals surface area (Å²) in [5, 5.41) is 0. The number of fused-ring (bicyclic) bond motifs is 2. The Balaban J connectivity index is 1.56. The summed E-state index contributed by atoms with van der Waals surface area (Å²) in [7, 11) is 3.83. The number of carbonyl (C=O) groups excluding carboxylic acids is 1. The van der Waals surface area contributed by atoms with Crippen LogP contribution in [0.3, 0.4) is 0 Å². The van der Waals surface area contributed by atoms with E-state index in [4.69, 9.17) is 9.72 Å². The Hall–Kier alpha value is -2.74. The molecular formula is C19H23N5O3. The molecule has 1 saturated heterocycles. The summed E-state index contributed by atoms with van der Waals surface area (Å²) in [6.45, 7) is 1.74. The van der Waals surface area contributed by atoms with E-state index in [-0.39, 0.29) is 11.5 Å². The van der Waals surface area contributed by atoms with Crippen molar-refractivity contribution in [1.82, 2.24) is 19.9 Å². The number of nitrogens with one attached hydrogen (secondary N) is 1. The quantitative estimate of drug-likeness (QED) is 0.847. The minimum atomic E-state index is -0.470. The van der Waals surface area contributed by atoms with Gasteiger partial charge >= 0.3 is 0 Å². The van der Waals surface area contributed by atoms with Crippen LogP contribution in [0.2, 0.25) is 0 Å². The zero-order chi connectivity index (χ0) is 19.0. The number of hydrogen-bond acceptors (Lipinski definition) is 6. The van der Waals surface area contributed by atoms with Crippen LogP contribution in [0.5, 0.6) is 0 Å². The number of aromatic amines is 1. The molecule has 0 atom stereocenters. The van der Waals surface area contributed by atoms with E-state index in [9.17, 15) is 9.59 Å². The molecule has 1 spiro atoms. The molecule has 4 rings (SSSR count). The summed E-state index contributed by atoms with van der Waals surface area (Å²) in [5.74, 6) is 0.509. The fourth-order valence-electron chi connectivity index (χ4n) is 3.81. The van der Waals surface area contributed by atoms with Crippen molar-refractivity contribution in [1.29, 1.82) is 0 Å². The maximum Gasteiger partial charge on any atom is 0.270 e. The summed E-state index contributed by atoms with van der Waals surface area (Å²) in [6, 6.07) is 4.63. The number of amides is 1. The number of piperidine rings is 1. The third kappa shape index (κ3) is 3.21. The van der Waals surface area contributed by atoms with Crippen LogP contribution < -0.4 is 10.5 Å². The summed E-state index contributed by atoms with van der Waals surface area (Å²) in [4.78, 5) is 39.6. The Morgan fingerprint density at radius 1 is 1.30 bits per heavy atom. The maximum absolute atomic E-state index is 12.7. The smallest absolute Gasteiger partial charge is 0.270 e. The van der Waals surface area contributed by atoms with Crippen molar-refractivity contribution in [2.24, 2.45) is 0 Å². The highest BCUT2D eigenvalue weighted by Gasteiger charge is 2.43. The predicted molar refractivity (Wildman–Crippen MR) is 99.9 cm³/mol. The Morgan fingerprint density at radius 2 is 2.07 bits per heavy atom. The van der Waals surface area contributed by atoms with Gasteiger partial charge in [-0.05, 0) is 30.9 Å². The molecule has 27 heavy (non-hydrogen) atoms. The molecule has 1 N–H and O–H groups in total. The van der Waals surface area contributed by atoms with Crippen LogP contribution in [0, 0.1) is 0 Å². The second-order valence-electron chi connectivity index (χ2n) is 7.25. The lowest BCUT2D eigenvalue weighted by Crippen LogP contribution is -2.49. The molecule has 0 saturated carbocycles. The first-order chi connectivity index (χ1) is 13.0. The lowest BCUT2D eigenvalue weighted by atomic mass is 9.83. The van der Waals surface area contributed by atoms with Crippen LogP contribution in [-0.2, 0) is 16.8 Å². The molecule has 2 aliphatic rings. The Labute approximate surface area is 157 Å². The lowest BCUT2D eigenvalue weighted by Gasteiger charge is -2.44. The van der Waals surface area contributed by atoms with E-state index in [1.807, 2.05) is 25.2 Å². The summed E-state index contributed by atoms with van der Waals surface area (Å²) in [5.41, 5.74) is 1.65. The fraction of sp³-hybridized carbons (Fsp3) is 0.474. The topological polar surface area (TPSA) is 91.4 Å². The van der Waals surface area contributed by atoms with Gasteiger partial charge in [0.1, 0.15) is 11.3 Å². The molecule has 1 amide bonds. The summed E-state index contributed by atoms with van der Waals surface area (Å²) >= 11 is 0. The van der Waals surface area contributed by atoms with Crippen LogP contribution in [0.15, 0.2) is 29.2 Å². The van der Waals surface area contributed by atoms with Gasteiger partial charge in [-0.2, -0.15) is 0 Å². The average Bonchev–Trinajstić information content (AvgIpc) is 2.68. The minimum Gasteiger partial charge on any atom is -0.368 e. The van der Waals surface area contributed by atoms with Crippen LogP contribution in [-0.4, -0.2) is 59.6 Å². The predicted octanol–water partition coefficient (Wildman–Crippen LogP) is 0.935. The Kier molecular flexibility index (Phi) is 4.43. The van der Waals surface area contributed by atoms with Gasteiger partial charge in [-0.15, -0.1) is 0 Å². The molecule has 4 heterocycles. The maximum atomic E-state index is 12.7. The van der Waals surface area contributed by atoms with Gasteiger partial charge in [0.25, 0.3) is 5.91 Å². The largest absolute Gasteiger partial charge is 0.368 e. The normalized spacial score (nSPS) is 18.2. The van der Waals surface area contributed by atoms with Crippen molar-refractivity contribution < 1.29 is 9.53 Å². The Morgan fingerprint density at radius 3 is 2.78 bits per heavy atom. The second kappa shape index (κ2) is 6.77. The molecule has 0 aromatic carbocycles. The molecule has 1 fully saturated rings. The molecule has 8 nitrogen and oxygen atoms in total. The molecule has 142 valence electrons. The van der Waals surface area contributed by atoms with Crippen LogP contribution >= 0.6 is 0 Å². The third-order valence-electron chi connectivity index (χ3n) is 5.29. The van der Waals surface area contributed by atoms with Crippen molar-refractivity contribution >= 4 is 11.9 Å².